The highest BCUT2D eigenvalue weighted by Gasteiger charge is 2.12. The maximum absolute atomic E-state index is 6.12. The van der Waals surface area contributed by atoms with Gasteiger partial charge in [-0.15, -0.1) is 0 Å². The van der Waals surface area contributed by atoms with Crippen LogP contribution in [0.15, 0.2) is 61.3 Å². The molecule has 0 aliphatic rings. The Hall–Kier alpha value is -4.20. The fourth-order valence-corrected chi connectivity index (χ4v) is 4.57. The summed E-state index contributed by atoms with van der Waals surface area (Å²) in [5, 5.41) is 8.63. The van der Waals surface area contributed by atoms with Crippen LogP contribution in [0.4, 0.5) is 17.2 Å². The number of anilines is 3. The molecule has 2 aromatic carbocycles. The van der Waals surface area contributed by atoms with Gasteiger partial charge >= 0.3 is 0 Å². The first kappa shape index (κ1) is 24.5. The number of aromatic nitrogens is 5. The molecule has 0 aliphatic heterocycles. The van der Waals surface area contributed by atoms with Crippen LogP contribution in [0, 0.1) is 13.8 Å². The van der Waals surface area contributed by atoms with E-state index in [0.29, 0.717) is 5.75 Å². The summed E-state index contributed by atoms with van der Waals surface area (Å²) >= 11 is 0. The minimum Gasteiger partial charge on any atom is -0.457 e. The largest absolute Gasteiger partial charge is 0.457 e. The van der Waals surface area contributed by atoms with Crippen LogP contribution in [-0.4, -0.2) is 38.2 Å². The molecular weight excluding hydrogens is 462 g/mol. The van der Waals surface area contributed by atoms with Crippen molar-refractivity contribution in [2.75, 3.05) is 23.8 Å². The zero-order valence-electron chi connectivity index (χ0n) is 21.9. The van der Waals surface area contributed by atoms with Gasteiger partial charge < -0.3 is 15.0 Å². The number of rotatable bonds is 10. The van der Waals surface area contributed by atoms with Gasteiger partial charge in [0.1, 0.15) is 30.0 Å². The van der Waals surface area contributed by atoms with Gasteiger partial charge in [-0.25, -0.2) is 19.5 Å². The topological polar surface area (TPSA) is 80.5 Å². The maximum Gasteiger partial charge on any atom is 0.158 e. The molecule has 3 heterocycles. The van der Waals surface area contributed by atoms with E-state index < -0.39 is 0 Å². The Morgan fingerprint density at radius 3 is 2.65 bits per heavy atom. The third-order valence-corrected chi connectivity index (χ3v) is 6.63. The fourth-order valence-electron chi connectivity index (χ4n) is 4.57. The molecule has 0 fully saturated rings. The molecular formula is C29H33N7O. The van der Waals surface area contributed by atoms with E-state index in [2.05, 4.69) is 69.4 Å². The van der Waals surface area contributed by atoms with Crippen molar-refractivity contribution in [1.82, 2.24) is 24.6 Å². The highest BCUT2D eigenvalue weighted by molar-refractivity contribution is 5.94. The summed E-state index contributed by atoms with van der Waals surface area (Å²) in [6.45, 7) is 7.46. The van der Waals surface area contributed by atoms with E-state index in [1.807, 2.05) is 37.4 Å². The van der Waals surface area contributed by atoms with Gasteiger partial charge in [0.15, 0.2) is 5.65 Å². The molecule has 8 heteroatoms. The number of nitrogens with zero attached hydrogens (tertiary/aromatic N) is 6. The second kappa shape index (κ2) is 10.8. The van der Waals surface area contributed by atoms with Crippen LogP contribution in [0.3, 0.4) is 0 Å². The van der Waals surface area contributed by atoms with Gasteiger partial charge in [-0.05, 0) is 67.8 Å². The summed E-state index contributed by atoms with van der Waals surface area (Å²) in [6.07, 6.45) is 9.96. The molecule has 190 valence electrons. The Labute approximate surface area is 217 Å². The molecule has 0 amide bonds. The molecule has 0 radical (unpaired) electrons. The normalized spacial score (nSPS) is 11.2. The zero-order valence-corrected chi connectivity index (χ0v) is 21.9. The van der Waals surface area contributed by atoms with Crippen LogP contribution in [0.5, 0.6) is 11.5 Å². The van der Waals surface area contributed by atoms with Gasteiger partial charge in [0.25, 0.3) is 0 Å². The van der Waals surface area contributed by atoms with E-state index >= 15 is 0 Å². The monoisotopic (exact) mass is 495 g/mol. The first-order chi connectivity index (χ1) is 18.0. The average molecular weight is 496 g/mol. The van der Waals surface area contributed by atoms with Crippen LogP contribution in [0.1, 0.15) is 43.7 Å². The van der Waals surface area contributed by atoms with Crippen molar-refractivity contribution in [1.29, 1.82) is 0 Å². The number of nitrogens with one attached hydrogen (secondary N) is 1. The summed E-state index contributed by atoms with van der Waals surface area (Å²) < 4.78 is 7.83. The number of unbranched alkanes of at least 4 members (excludes halogenated alkanes) is 3. The van der Waals surface area contributed by atoms with Crippen LogP contribution >= 0.6 is 0 Å². The predicted molar refractivity (Wildman–Crippen MR) is 149 cm³/mol. The van der Waals surface area contributed by atoms with E-state index in [4.69, 9.17) is 4.74 Å². The van der Waals surface area contributed by atoms with Crippen molar-refractivity contribution in [2.24, 2.45) is 0 Å². The summed E-state index contributed by atoms with van der Waals surface area (Å²) in [7, 11) is 2.17. The molecule has 0 atom stereocenters. The van der Waals surface area contributed by atoms with E-state index in [-0.39, 0.29) is 0 Å². The van der Waals surface area contributed by atoms with Crippen molar-refractivity contribution in [3.05, 3.63) is 72.4 Å². The molecule has 37 heavy (non-hydrogen) atoms. The number of benzene rings is 2. The van der Waals surface area contributed by atoms with Crippen molar-refractivity contribution < 1.29 is 4.74 Å². The Bertz CT molecular complexity index is 1530. The van der Waals surface area contributed by atoms with Crippen molar-refractivity contribution in [3.63, 3.8) is 0 Å². The van der Waals surface area contributed by atoms with Gasteiger partial charge in [-0.1, -0.05) is 26.2 Å². The van der Waals surface area contributed by atoms with E-state index in [1.54, 1.807) is 10.8 Å². The van der Waals surface area contributed by atoms with Crippen LogP contribution in [0.2, 0.25) is 0 Å². The molecule has 0 saturated carbocycles. The standard InChI is InChI=1S/C29H33N7O/c1-5-6-7-8-12-35(4)26-17-24-25(15-20(26)2)30-18-32-29(24)34-22-9-10-27(21(3)14-22)37-23-11-13-36-28(16-23)31-19-33-36/h9-11,13-19H,5-8,12H2,1-4H3,(H,30,32,34). The van der Waals surface area contributed by atoms with Gasteiger partial charge in [-0.3, -0.25) is 0 Å². The number of hydrogen-bond acceptors (Lipinski definition) is 7. The predicted octanol–water partition coefficient (Wildman–Crippen LogP) is 6.84. The molecule has 3 aromatic heterocycles. The minimum absolute atomic E-state index is 0.716. The molecule has 0 bridgehead atoms. The van der Waals surface area contributed by atoms with E-state index in [1.165, 1.54) is 43.3 Å². The van der Waals surface area contributed by atoms with Gasteiger partial charge in [-0.2, -0.15) is 5.10 Å². The molecule has 5 aromatic rings. The highest BCUT2D eigenvalue weighted by Crippen LogP contribution is 2.32. The number of fused-ring (bicyclic) bond motifs is 2. The smallest absolute Gasteiger partial charge is 0.158 e. The second-order valence-electron chi connectivity index (χ2n) is 9.49. The average Bonchev–Trinajstić information content (AvgIpc) is 3.36. The summed E-state index contributed by atoms with van der Waals surface area (Å²) in [5.41, 5.74) is 6.05. The quantitative estimate of drug-likeness (QED) is 0.212. The van der Waals surface area contributed by atoms with Crippen LogP contribution in [-0.2, 0) is 0 Å². The molecule has 1 N–H and O–H groups in total. The third kappa shape index (κ3) is 5.48. The summed E-state index contributed by atoms with van der Waals surface area (Å²) in [5.74, 6) is 2.29. The number of aryl methyl sites for hydroxylation is 2. The first-order valence-corrected chi connectivity index (χ1v) is 12.8. The van der Waals surface area contributed by atoms with Gasteiger partial charge in [0.2, 0.25) is 0 Å². The van der Waals surface area contributed by atoms with Crippen molar-refractivity contribution >= 4 is 33.7 Å². The van der Waals surface area contributed by atoms with Crippen LogP contribution in [0.25, 0.3) is 16.6 Å². The summed E-state index contributed by atoms with van der Waals surface area (Å²) in [6, 6.07) is 14.1. The Kier molecular flexibility index (Phi) is 7.16. The SMILES string of the molecule is CCCCCCN(C)c1cc2c(Nc3ccc(Oc4ccn5ncnc5c4)c(C)c3)ncnc2cc1C. The lowest BCUT2D eigenvalue weighted by Gasteiger charge is -2.22. The third-order valence-electron chi connectivity index (χ3n) is 6.63. The Balaban J connectivity index is 1.36. The zero-order chi connectivity index (χ0) is 25.8. The lowest BCUT2D eigenvalue weighted by Crippen LogP contribution is -2.19. The molecule has 0 saturated heterocycles. The van der Waals surface area contributed by atoms with E-state index in [0.717, 1.165) is 45.9 Å². The van der Waals surface area contributed by atoms with Gasteiger partial charge in [0.05, 0.1) is 5.52 Å². The molecule has 8 nitrogen and oxygen atoms in total. The second-order valence-corrected chi connectivity index (χ2v) is 9.49. The Morgan fingerprint density at radius 2 is 1.81 bits per heavy atom. The van der Waals surface area contributed by atoms with Crippen LogP contribution < -0.4 is 15.0 Å². The van der Waals surface area contributed by atoms with Gasteiger partial charge in [0, 0.05) is 42.6 Å². The molecule has 5 rings (SSSR count). The first-order valence-electron chi connectivity index (χ1n) is 12.8. The van der Waals surface area contributed by atoms with Crippen molar-refractivity contribution in [3.8, 4) is 11.5 Å². The maximum atomic E-state index is 6.12. The number of ether oxygens (including phenoxy) is 1. The fraction of sp³-hybridized carbons (Fsp3) is 0.310. The minimum atomic E-state index is 0.716. The Morgan fingerprint density at radius 1 is 0.919 bits per heavy atom. The number of hydrogen-bond donors (Lipinski definition) is 1. The highest BCUT2D eigenvalue weighted by atomic mass is 16.5. The number of pyridine rings is 1. The summed E-state index contributed by atoms with van der Waals surface area (Å²) in [4.78, 5) is 15.7. The molecule has 0 aliphatic carbocycles. The lowest BCUT2D eigenvalue weighted by atomic mass is 10.1. The van der Waals surface area contributed by atoms with Crippen molar-refractivity contribution in [2.45, 2.75) is 46.5 Å². The molecule has 0 unspecified atom stereocenters. The lowest BCUT2D eigenvalue weighted by molar-refractivity contribution is 0.478. The van der Waals surface area contributed by atoms with E-state index in [9.17, 15) is 0 Å². The molecule has 0 spiro atoms.